The number of aliphatic hydroxyl groups is 1. The molecular formula is C10H11N3OS3. The van der Waals surface area contributed by atoms with Crippen molar-refractivity contribution in [3.63, 3.8) is 0 Å². The second-order valence-corrected chi connectivity index (χ2v) is 6.31. The van der Waals surface area contributed by atoms with Gasteiger partial charge in [-0.3, -0.25) is 4.68 Å². The van der Waals surface area contributed by atoms with Crippen LogP contribution < -0.4 is 0 Å². The van der Waals surface area contributed by atoms with Crippen LogP contribution in [-0.4, -0.2) is 26.5 Å². The lowest BCUT2D eigenvalue weighted by molar-refractivity contribution is 0.269. The van der Waals surface area contributed by atoms with Crippen LogP contribution in [0.5, 0.6) is 0 Å². The molecule has 0 fully saturated rings. The molecule has 90 valence electrons. The summed E-state index contributed by atoms with van der Waals surface area (Å²) in [5.41, 5.74) is 0.968. The van der Waals surface area contributed by atoms with Gasteiger partial charge >= 0.3 is 0 Å². The zero-order chi connectivity index (χ0) is 12.1. The number of benzene rings is 1. The van der Waals surface area contributed by atoms with Crippen LogP contribution in [-0.2, 0) is 6.54 Å². The smallest absolute Gasteiger partial charge is 0.181 e. The summed E-state index contributed by atoms with van der Waals surface area (Å²) in [6.07, 6.45) is 1.62. The molecule has 0 aliphatic carbocycles. The van der Waals surface area contributed by atoms with Crippen LogP contribution in [0.1, 0.15) is 0 Å². The second-order valence-electron chi connectivity index (χ2n) is 3.24. The quantitative estimate of drug-likeness (QED) is 0.653. The highest BCUT2D eigenvalue weighted by Crippen LogP contribution is 2.34. The molecule has 1 N–H and O–H groups in total. The third-order valence-corrected chi connectivity index (χ3v) is 4.12. The standard InChI is InChI=1S/C10H11N3OS3/c14-6-5-13-7-11-10(12-13)8-1-3-9(4-2-8)16-17-15/h1-4,7,14-15H,5-6H2. The van der Waals surface area contributed by atoms with E-state index >= 15 is 0 Å². The predicted octanol–water partition coefficient (Wildman–Crippen LogP) is 2.52. The van der Waals surface area contributed by atoms with Crippen molar-refractivity contribution in [1.29, 1.82) is 0 Å². The van der Waals surface area contributed by atoms with Crippen molar-refractivity contribution in [3.8, 4) is 11.4 Å². The molecule has 0 unspecified atom stereocenters. The van der Waals surface area contributed by atoms with Gasteiger partial charge in [0.25, 0.3) is 0 Å². The summed E-state index contributed by atoms with van der Waals surface area (Å²) < 4.78 is 1.63. The molecule has 2 rings (SSSR count). The Morgan fingerprint density at radius 2 is 2.06 bits per heavy atom. The van der Waals surface area contributed by atoms with E-state index in [9.17, 15) is 0 Å². The van der Waals surface area contributed by atoms with Gasteiger partial charge in [0.15, 0.2) is 5.82 Å². The molecule has 0 saturated carbocycles. The third-order valence-electron chi connectivity index (χ3n) is 2.11. The Hall–Kier alpha value is -0.630. The fraction of sp³-hybridized carbons (Fsp3) is 0.200. The van der Waals surface area contributed by atoms with Crippen LogP contribution in [0.25, 0.3) is 11.4 Å². The average molecular weight is 285 g/mol. The van der Waals surface area contributed by atoms with E-state index in [4.69, 9.17) is 5.11 Å². The van der Waals surface area contributed by atoms with Crippen molar-refractivity contribution in [2.75, 3.05) is 6.61 Å². The molecule has 1 aromatic carbocycles. The van der Waals surface area contributed by atoms with Gasteiger partial charge in [-0.1, -0.05) is 11.7 Å². The first-order valence-electron chi connectivity index (χ1n) is 4.92. The van der Waals surface area contributed by atoms with Gasteiger partial charge in [0.1, 0.15) is 6.33 Å². The minimum absolute atomic E-state index is 0.0670. The number of nitrogens with zero attached hydrogens (tertiary/aromatic N) is 3. The maximum absolute atomic E-state index is 8.79. The van der Waals surface area contributed by atoms with Crippen LogP contribution >= 0.6 is 32.3 Å². The number of thiol groups is 1. The van der Waals surface area contributed by atoms with Crippen molar-refractivity contribution in [2.45, 2.75) is 11.4 Å². The van der Waals surface area contributed by atoms with Crippen molar-refractivity contribution < 1.29 is 5.11 Å². The fourth-order valence-corrected chi connectivity index (χ4v) is 3.04. The molecule has 7 heteroatoms. The molecule has 4 nitrogen and oxygen atoms in total. The highest BCUT2D eigenvalue weighted by molar-refractivity contribution is 9.05. The number of hydrogen-bond acceptors (Lipinski definition) is 6. The molecule has 0 radical (unpaired) electrons. The Morgan fingerprint density at radius 1 is 1.29 bits per heavy atom. The molecule has 0 bridgehead atoms. The number of hydrogen-bond donors (Lipinski definition) is 2. The van der Waals surface area contributed by atoms with Crippen molar-refractivity contribution >= 4 is 32.3 Å². The molecule has 0 amide bonds. The van der Waals surface area contributed by atoms with Crippen LogP contribution in [0.15, 0.2) is 35.5 Å². The van der Waals surface area contributed by atoms with Gasteiger partial charge in [0, 0.05) is 10.5 Å². The Morgan fingerprint density at radius 3 is 2.71 bits per heavy atom. The highest BCUT2D eigenvalue weighted by atomic mass is 33.5. The maximum atomic E-state index is 8.79. The van der Waals surface area contributed by atoms with E-state index in [-0.39, 0.29) is 6.61 Å². The molecule has 1 aromatic heterocycles. The normalized spacial score (nSPS) is 10.7. The number of aliphatic hydroxyl groups excluding tert-OH is 1. The molecule has 2 aromatic rings. The highest BCUT2D eigenvalue weighted by Gasteiger charge is 2.04. The zero-order valence-corrected chi connectivity index (χ0v) is 11.4. The lowest BCUT2D eigenvalue weighted by Gasteiger charge is -1.99. The number of rotatable bonds is 5. The average Bonchev–Trinajstić information content (AvgIpc) is 2.80. The monoisotopic (exact) mass is 285 g/mol. The lowest BCUT2D eigenvalue weighted by atomic mass is 10.2. The van der Waals surface area contributed by atoms with E-state index in [2.05, 4.69) is 21.7 Å². The summed E-state index contributed by atoms with van der Waals surface area (Å²) in [7, 11) is 3.01. The number of aromatic nitrogens is 3. The molecule has 0 saturated heterocycles. The summed E-state index contributed by atoms with van der Waals surface area (Å²) in [6.45, 7) is 0.536. The summed E-state index contributed by atoms with van der Waals surface area (Å²) in [5, 5.41) is 13.1. The summed E-state index contributed by atoms with van der Waals surface area (Å²) in [6, 6.07) is 7.97. The van der Waals surface area contributed by atoms with Crippen LogP contribution in [0, 0.1) is 0 Å². The second kappa shape index (κ2) is 6.34. The van der Waals surface area contributed by atoms with Gasteiger partial charge in [-0.05, 0) is 44.9 Å². The third kappa shape index (κ3) is 3.41. The van der Waals surface area contributed by atoms with Crippen LogP contribution in [0.4, 0.5) is 0 Å². The molecule has 17 heavy (non-hydrogen) atoms. The van der Waals surface area contributed by atoms with Gasteiger partial charge in [-0.2, -0.15) is 5.10 Å². The van der Waals surface area contributed by atoms with Crippen LogP contribution in [0.2, 0.25) is 0 Å². The van der Waals surface area contributed by atoms with Crippen molar-refractivity contribution in [3.05, 3.63) is 30.6 Å². The van der Waals surface area contributed by atoms with Gasteiger partial charge in [0.2, 0.25) is 0 Å². The Bertz CT molecular complexity index is 472. The van der Waals surface area contributed by atoms with Crippen molar-refractivity contribution in [2.24, 2.45) is 0 Å². The topological polar surface area (TPSA) is 50.9 Å². The minimum Gasteiger partial charge on any atom is -0.394 e. The molecule has 0 aliphatic rings. The molecule has 0 atom stereocenters. The summed E-state index contributed by atoms with van der Waals surface area (Å²) >= 11 is 4.08. The van der Waals surface area contributed by atoms with Gasteiger partial charge in [-0.25, -0.2) is 4.98 Å². The van der Waals surface area contributed by atoms with Gasteiger partial charge in [-0.15, -0.1) is 0 Å². The predicted molar refractivity (Wildman–Crippen MR) is 75.0 cm³/mol. The van der Waals surface area contributed by atoms with E-state index in [0.29, 0.717) is 12.4 Å². The van der Waals surface area contributed by atoms with Gasteiger partial charge < -0.3 is 5.11 Å². The molecule has 0 spiro atoms. The molecular weight excluding hydrogens is 274 g/mol. The molecule has 0 aliphatic heterocycles. The molecule has 1 heterocycles. The Balaban J connectivity index is 2.15. The van der Waals surface area contributed by atoms with E-state index in [1.165, 1.54) is 9.83 Å². The summed E-state index contributed by atoms with van der Waals surface area (Å²) in [4.78, 5) is 5.34. The Labute approximate surface area is 112 Å². The first-order valence-corrected chi connectivity index (χ1v) is 8.12. The first-order chi connectivity index (χ1) is 8.33. The summed E-state index contributed by atoms with van der Waals surface area (Å²) in [5.74, 6) is 0.675. The van der Waals surface area contributed by atoms with Crippen molar-refractivity contribution in [1.82, 2.24) is 14.8 Å². The van der Waals surface area contributed by atoms with Gasteiger partial charge in [0.05, 0.1) is 13.2 Å². The maximum Gasteiger partial charge on any atom is 0.181 e. The SMILES string of the molecule is OCCn1cnc(-c2ccc(SSS)cc2)n1. The van der Waals surface area contributed by atoms with E-state index < -0.39 is 0 Å². The fourth-order valence-electron chi connectivity index (χ4n) is 1.34. The van der Waals surface area contributed by atoms with E-state index in [0.717, 1.165) is 10.5 Å². The minimum atomic E-state index is 0.0670. The lowest BCUT2D eigenvalue weighted by Crippen LogP contribution is -2.02. The van der Waals surface area contributed by atoms with E-state index in [1.54, 1.807) is 21.8 Å². The zero-order valence-electron chi connectivity index (χ0n) is 8.85. The largest absolute Gasteiger partial charge is 0.394 e. The van der Waals surface area contributed by atoms with E-state index in [1.807, 2.05) is 24.3 Å². The Kier molecular flexibility index (Phi) is 4.78. The first kappa shape index (κ1) is 12.8. The van der Waals surface area contributed by atoms with Crippen LogP contribution in [0.3, 0.4) is 0 Å².